The molecule has 3 saturated heterocycles. The van der Waals surface area contributed by atoms with E-state index in [0.29, 0.717) is 6.10 Å². The van der Waals surface area contributed by atoms with E-state index in [2.05, 4.69) is 16.8 Å². The van der Waals surface area contributed by atoms with Gasteiger partial charge in [-0.25, -0.2) is 0 Å². The number of ether oxygens (including phenoxy) is 1. The maximum atomic E-state index is 6.33. The van der Waals surface area contributed by atoms with E-state index in [0.717, 1.165) is 23.5 Å². The lowest BCUT2D eigenvalue weighted by Gasteiger charge is -2.55. The molecular weight excluding hydrogens is 224 g/mol. The van der Waals surface area contributed by atoms with Gasteiger partial charge in [0.25, 0.3) is 0 Å². The van der Waals surface area contributed by atoms with Gasteiger partial charge in [-0.05, 0) is 37.3 Å². The topological polar surface area (TPSA) is 25.4 Å². The third-order valence-electron chi connectivity index (χ3n) is 4.96. The second-order valence-corrected chi connectivity index (χ2v) is 6.30. The normalized spacial score (nSPS) is 41.1. The second kappa shape index (κ2) is 3.95. The Balaban J connectivity index is 1.57. The summed E-state index contributed by atoms with van der Waals surface area (Å²) in [6.45, 7) is 5.94. The van der Waals surface area contributed by atoms with Crippen molar-refractivity contribution < 1.29 is 4.74 Å². The van der Waals surface area contributed by atoms with Crippen molar-refractivity contribution in [3.8, 4) is 5.75 Å². The fourth-order valence-electron chi connectivity index (χ4n) is 4.28. The molecule has 4 fully saturated rings. The molecule has 2 atom stereocenters. The Bertz CT molecular complexity index is 432. The summed E-state index contributed by atoms with van der Waals surface area (Å²) in [7, 11) is 0. The van der Waals surface area contributed by atoms with Crippen molar-refractivity contribution >= 4 is 0 Å². The number of pyridine rings is 1. The van der Waals surface area contributed by atoms with Crippen molar-refractivity contribution in [3.05, 3.63) is 24.0 Å². The molecule has 0 aromatic carbocycles. The molecule has 3 aliphatic heterocycles. The monoisotopic (exact) mass is 244 g/mol. The summed E-state index contributed by atoms with van der Waals surface area (Å²) in [6, 6.07) is 2.04. The zero-order valence-corrected chi connectivity index (χ0v) is 10.9. The predicted octanol–water partition coefficient (Wildman–Crippen LogP) is 2.11. The minimum absolute atomic E-state index is 0.431. The summed E-state index contributed by atoms with van der Waals surface area (Å²) in [5.41, 5.74) is 1.21. The zero-order valence-electron chi connectivity index (χ0n) is 10.9. The van der Waals surface area contributed by atoms with Crippen LogP contribution in [0.1, 0.15) is 18.4 Å². The van der Waals surface area contributed by atoms with Gasteiger partial charge in [-0.3, -0.25) is 4.98 Å². The fraction of sp³-hybridized carbons (Fsp3) is 0.667. The molecule has 1 aromatic heterocycles. The van der Waals surface area contributed by atoms with Crippen molar-refractivity contribution in [2.24, 2.45) is 17.8 Å². The van der Waals surface area contributed by atoms with Gasteiger partial charge in [-0.2, -0.15) is 0 Å². The summed E-state index contributed by atoms with van der Waals surface area (Å²) >= 11 is 0. The summed E-state index contributed by atoms with van der Waals surface area (Å²) in [6.07, 6.45) is 6.89. The number of nitrogens with zero attached hydrogens (tertiary/aromatic N) is 2. The van der Waals surface area contributed by atoms with Crippen LogP contribution in [-0.2, 0) is 0 Å². The van der Waals surface area contributed by atoms with Crippen LogP contribution in [0.2, 0.25) is 0 Å². The largest absolute Gasteiger partial charge is 0.488 e. The molecular formula is C15H20N2O. The van der Waals surface area contributed by atoms with Crippen molar-refractivity contribution in [3.63, 3.8) is 0 Å². The maximum absolute atomic E-state index is 6.33. The van der Waals surface area contributed by atoms with E-state index < -0.39 is 0 Å². The third kappa shape index (κ3) is 1.64. The van der Waals surface area contributed by atoms with Gasteiger partial charge in [0.2, 0.25) is 0 Å². The zero-order chi connectivity index (χ0) is 12.1. The van der Waals surface area contributed by atoms with E-state index in [1.165, 1.54) is 38.0 Å². The molecule has 96 valence electrons. The van der Waals surface area contributed by atoms with E-state index in [1.807, 2.05) is 18.5 Å². The Labute approximate surface area is 108 Å². The van der Waals surface area contributed by atoms with E-state index >= 15 is 0 Å². The van der Waals surface area contributed by atoms with Crippen LogP contribution in [0.4, 0.5) is 0 Å². The number of hydrogen-bond acceptors (Lipinski definition) is 3. The highest BCUT2D eigenvalue weighted by molar-refractivity contribution is 5.28. The molecule has 1 aromatic rings. The highest BCUT2D eigenvalue weighted by atomic mass is 16.5. The average molecular weight is 244 g/mol. The molecule has 0 amide bonds. The van der Waals surface area contributed by atoms with Crippen LogP contribution in [0, 0.1) is 24.7 Å². The number of aromatic nitrogens is 1. The molecule has 4 heterocycles. The SMILES string of the molecule is Cc1ccncc1OC1[C@H]2CC3C[C@H]1CN(C3)C2. The summed E-state index contributed by atoms with van der Waals surface area (Å²) in [5, 5.41) is 0. The van der Waals surface area contributed by atoms with Crippen LogP contribution >= 0.6 is 0 Å². The minimum Gasteiger partial charge on any atom is -0.488 e. The van der Waals surface area contributed by atoms with Gasteiger partial charge in [0.1, 0.15) is 11.9 Å². The fourth-order valence-corrected chi connectivity index (χ4v) is 4.28. The van der Waals surface area contributed by atoms with Crippen LogP contribution in [-0.4, -0.2) is 35.6 Å². The van der Waals surface area contributed by atoms with Gasteiger partial charge < -0.3 is 9.64 Å². The Kier molecular flexibility index (Phi) is 2.37. The van der Waals surface area contributed by atoms with Gasteiger partial charge >= 0.3 is 0 Å². The van der Waals surface area contributed by atoms with Gasteiger partial charge in [-0.15, -0.1) is 0 Å². The lowest BCUT2D eigenvalue weighted by Crippen LogP contribution is -2.61. The maximum Gasteiger partial charge on any atom is 0.140 e. The van der Waals surface area contributed by atoms with Crippen molar-refractivity contribution in [2.45, 2.75) is 25.9 Å². The van der Waals surface area contributed by atoms with Gasteiger partial charge in [0.15, 0.2) is 0 Å². The lowest BCUT2D eigenvalue weighted by atomic mass is 9.66. The summed E-state index contributed by atoms with van der Waals surface area (Å²) < 4.78 is 6.33. The second-order valence-electron chi connectivity index (χ2n) is 6.30. The van der Waals surface area contributed by atoms with Crippen molar-refractivity contribution in [1.82, 2.24) is 9.88 Å². The minimum atomic E-state index is 0.431. The van der Waals surface area contributed by atoms with E-state index in [-0.39, 0.29) is 0 Å². The van der Waals surface area contributed by atoms with Crippen LogP contribution in [0.3, 0.4) is 0 Å². The molecule has 0 spiro atoms. The first-order chi connectivity index (χ1) is 8.79. The van der Waals surface area contributed by atoms with Crippen molar-refractivity contribution in [1.29, 1.82) is 0 Å². The van der Waals surface area contributed by atoms with E-state index in [9.17, 15) is 0 Å². The Morgan fingerprint density at radius 3 is 2.67 bits per heavy atom. The van der Waals surface area contributed by atoms with Gasteiger partial charge in [0.05, 0.1) is 6.20 Å². The van der Waals surface area contributed by atoms with Crippen molar-refractivity contribution in [2.75, 3.05) is 19.6 Å². The molecule has 0 N–H and O–H groups in total. The first kappa shape index (κ1) is 10.8. The Hall–Kier alpha value is -1.09. The van der Waals surface area contributed by atoms with Crippen LogP contribution in [0.25, 0.3) is 0 Å². The number of aryl methyl sites for hydroxylation is 1. The first-order valence-corrected chi connectivity index (χ1v) is 7.09. The smallest absolute Gasteiger partial charge is 0.140 e. The molecule has 3 heteroatoms. The standard InChI is InChI=1S/C15H20N2O/c1-10-2-3-16-6-14(10)18-15-12-4-11-5-13(15)9-17(7-11)8-12/h2-3,6,11-13,15H,4-5,7-9H2,1H3/t11?,12-,13-,15?/m0/s1. The van der Waals surface area contributed by atoms with Crippen LogP contribution in [0.5, 0.6) is 5.75 Å². The first-order valence-electron chi connectivity index (χ1n) is 7.09. The number of piperidine rings is 3. The molecule has 4 aliphatic rings. The molecule has 0 radical (unpaired) electrons. The molecule has 1 aliphatic carbocycles. The highest BCUT2D eigenvalue weighted by Gasteiger charge is 2.48. The molecule has 5 rings (SSSR count). The lowest BCUT2D eigenvalue weighted by molar-refractivity contribution is -0.0987. The molecule has 4 bridgehead atoms. The van der Waals surface area contributed by atoms with Crippen LogP contribution in [0.15, 0.2) is 18.5 Å². The molecule has 0 unspecified atom stereocenters. The van der Waals surface area contributed by atoms with Gasteiger partial charge in [0, 0.05) is 37.7 Å². The predicted molar refractivity (Wildman–Crippen MR) is 69.5 cm³/mol. The number of hydrogen-bond donors (Lipinski definition) is 0. The Morgan fingerprint density at radius 1 is 1.22 bits per heavy atom. The quantitative estimate of drug-likeness (QED) is 0.796. The Morgan fingerprint density at radius 2 is 2.00 bits per heavy atom. The summed E-state index contributed by atoms with van der Waals surface area (Å²) in [4.78, 5) is 6.84. The average Bonchev–Trinajstić information content (AvgIpc) is 2.35. The van der Waals surface area contributed by atoms with E-state index in [1.54, 1.807) is 0 Å². The number of rotatable bonds is 2. The van der Waals surface area contributed by atoms with Gasteiger partial charge in [-0.1, -0.05) is 0 Å². The molecule has 1 saturated carbocycles. The van der Waals surface area contributed by atoms with Crippen LogP contribution < -0.4 is 4.74 Å². The molecule has 18 heavy (non-hydrogen) atoms. The highest BCUT2D eigenvalue weighted by Crippen LogP contribution is 2.45. The molecule has 3 nitrogen and oxygen atoms in total. The summed E-state index contributed by atoms with van der Waals surface area (Å²) in [5.74, 6) is 3.43. The van der Waals surface area contributed by atoms with E-state index in [4.69, 9.17) is 4.74 Å². The third-order valence-corrected chi connectivity index (χ3v) is 4.96.